The van der Waals surface area contributed by atoms with Crippen LogP contribution in [0.25, 0.3) is 11.5 Å². The van der Waals surface area contributed by atoms with Crippen LogP contribution in [0.15, 0.2) is 52.1 Å². The molecule has 0 saturated heterocycles. The Kier molecular flexibility index (Phi) is 5.13. The Morgan fingerprint density at radius 3 is 2.85 bits per heavy atom. The highest BCUT2D eigenvalue weighted by Crippen LogP contribution is 2.29. The molecule has 3 aromatic rings. The molecule has 5 nitrogen and oxygen atoms in total. The van der Waals surface area contributed by atoms with Crippen LogP contribution in [-0.4, -0.2) is 28.4 Å². The van der Waals surface area contributed by atoms with Gasteiger partial charge in [-0.15, -0.1) is 10.2 Å². The first kappa shape index (κ1) is 18.0. The van der Waals surface area contributed by atoms with Crippen molar-refractivity contribution in [3.63, 3.8) is 0 Å². The van der Waals surface area contributed by atoms with Gasteiger partial charge in [-0.25, -0.2) is 4.39 Å². The van der Waals surface area contributed by atoms with Crippen molar-refractivity contribution < 1.29 is 13.6 Å². The predicted molar refractivity (Wildman–Crippen MR) is 103 cm³/mol. The van der Waals surface area contributed by atoms with Gasteiger partial charge in [-0.2, -0.15) is 0 Å². The molecule has 1 aliphatic heterocycles. The number of carbonyl (C=O) groups excluding carboxylic acids is 1. The molecule has 138 valence electrons. The number of aromatic nitrogens is 2. The molecule has 1 amide bonds. The monoisotopic (exact) mass is 403 g/mol. The molecular weight excluding hydrogens is 389 g/mol. The second-order valence-corrected chi connectivity index (χ2v) is 7.45. The smallest absolute Gasteiger partial charge is 0.277 e. The summed E-state index contributed by atoms with van der Waals surface area (Å²) in [5.41, 5.74) is 2.40. The Hall–Kier alpha value is -2.38. The summed E-state index contributed by atoms with van der Waals surface area (Å²) in [7, 11) is 0. The van der Waals surface area contributed by atoms with Crippen LogP contribution in [0, 0.1) is 5.82 Å². The maximum absolute atomic E-state index is 13.4. The zero-order valence-corrected chi connectivity index (χ0v) is 15.8. The first-order chi connectivity index (χ1) is 13.1. The summed E-state index contributed by atoms with van der Waals surface area (Å²) < 4.78 is 19.0. The Bertz CT molecular complexity index is 977. The third-order valence-corrected chi connectivity index (χ3v) is 5.33. The normalized spacial score (nSPS) is 13.5. The van der Waals surface area contributed by atoms with Crippen LogP contribution in [0.5, 0.6) is 0 Å². The molecule has 0 fully saturated rings. The van der Waals surface area contributed by atoms with Crippen molar-refractivity contribution in [1.29, 1.82) is 0 Å². The van der Waals surface area contributed by atoms with Gasteiger partial charge in [-0.1, -0.05) is 23.4 Å². The molecule has 0 unspecified atom stereocenters. The van der Waals surface area contributed by atoms with Crippen molar-refractivity contribution in [2.45, 2.75) is 18.1 Å². The lowest BCUT2D eigenvalue weighted by molar-refractivity contribution is -0.116. The number of carbonyl (C=O) groups is 1. The zero-order valence-electron chi connectivity index (χ0n) is 14.2. The number of benzene rings is 2. The highest BCUT2D eigenvalue weighted by Gasteiger charge is 2.23. The van der Waals surface area contributed by atoms with E-state index in [0.717, 1.165) is 29.7 Å². The SMILES string of the molecule is O=C(CSc1nnc(-c2ccc(Cl)cc2)o1)N1CCCc2cc(F)ccc21. The van der Waals surface area contributed by atoms with Gasteiger partial charge in [0.25, 0.3) is 5.22 Å². The number of rotatable bonds is 4. The van der Waals surface area contributed by atoms with Gasteiger partial charge in [0, 0.05) is 22.8 Å². The van der Waals surface area contributed by atoms with E-state index in [0.29, 0.717) is 22.7 Å². The molecule has 0 aliphatic carbocycles. The van der Waals surface area contributed by atoms with Gasteiger partial charge in [-0.3, -0.25) is 4.79 Å². The van der Waals surface area contributed by atoms with Crippen LogP contribution in [0.3, 0.4) is 0 Å². The Morgan fingerprint density at radius 1 is 1.22 bits per heavy atom. The number of hydrogen-bond donors (Lipinski definition) is 0. The van der Waals surface area contributed by atoms with Crippen LogP contribution in [0.2, 0.25) is 5.02 Å². The van der Waals surface area contributed by atoms with Crippen molar-refractivity contribution in [3.05, 3.63) is 58.9 Å². The molecule has 0 bridgehead atoms. The van der Waals surface area contributed by atoms with Crippen molar-refractivity contribution in [1.82, 2.24) is 10.2 Å². The molecule has 0 radical (unpaired) electrons. The molecule has 1 aromatic heterocycles. The van der Waals surface area contributed by atoms with Gasteiger partial charge in [0.1, 0.15) is 5.82 Å². The van der Waals surface area contributed by atoms with E-state index in [1.165, 1.54) is 23.9 Å². The van der Waals surface area contributed by atoms with Crippen LogP contribution in [0.4, 0.5) is 10.1 Å². The number of nitrogens with zero attached hydrogens (tertiary/aromatic N) is 3. The maximum Gasteiger partial charge on any atom is 0.277 e. The standard InChI is InChI=1S/C19H15ClFN3O2S/c20-14-5-3-12(4-6-14)18-22-23-19(26-18)27-11-17(25)24-9-1-2-13-10-15(21)7-8-16(13)24/h3-8,10H,1-2,9,11H2. The van der Waals surface area contributed by atoms with Crippen molar-refractivity contribution >= 4 is 35.0 Å². The number of amides is 1. The highest BCUT2D eigenvalue weighted by atomic mass is 35.5. The number of hydrogen-bond acceptors (Lipinski definition) is 5. The molecule has 0 spiro atoms. The molecular formula is C19H15ClFN3O2S. The fraction of sp³-hybridized carbons (Fsp3) is 0.211. The number of aryl methyl sites for hydroxylation is 1. The maximum atomic E-state index is 13.4. The Morgan fingerprint density at radius 2 is 2.04 bits per heavy atom. The van der Waals surface area contributed by atoms with E-state index in [4.69, 9.17) is 16.0 Å². The van der Waals surface area contributed by atoms with Gasteiger partial charge in [0.2, 0.25) is 11.8 Å². The summed E-state index contributed by atoms with van der Waals surface area (Å²) in [5, 5.41) is 8.93. The molecule has 0 atom stereocenters. The molecule has 27 heavy (non-hydrogen) atoms. The minimum atomic E-state index is -0.280. The fourth-order valence-electron chi connectivity index (χ4n) is 3.00. The van der Waals surface area contributed by atoms with E-state index in [9.17, 15) is 9.18 Å². The molecule has 8 heteroatoms. The second-order valence-electron chi connectivity index (χ2n) is 6.09. The molecule has 2 heterocycles. The molecule has 0 saturated carbocycles. The van der Waals surface area contributed by atoms with Crippen LogP contribution in [0.1, 0.15) is 12.0 Å². The lowest BCUT2D eigenvalue weighted by Crippen LogP contribution is -2.36. The van der Waals surface area contributed by atoms with Crippen molar-refractivity contribution in [2.24, 2.45) is 0 Å². The van der Waals surface area contributed by atoms with E-state index in [1.807, 2.05) is 0 Å². The molecule has 2 aromatic carbocycles. The first-order valence-corrected chi connectivity index (χ1v) is 9.77. The van der Waals surface area contributed by atoms with E-state index in [1.54, 1.807) is 35.2 Å². The summed E-state index contributed by atoms with van der Waals surface area (Å²) in [4.78, 5) is 14.3. The van der Waals surface area contributed by atoms with Gasteiger partial charge in [0.15, 0.2) is 0 Å². The summed E-state index contributed by atoms with van der Waals surface area (Å²) in [6, 6.07) is 11.6. The zero-order chi connectivity index (χ0) is 18.8. The van der Waals surface area contributed by atoms with Gasteiger partial charge in [0.05, 0.1) is 5.75 Å². The number of halogens is 2. The average Bonchev–Trinajstić information content (AvgIpc) is 3.15. The van der Waals surface area contributed by atoms with Crippen molar-refractivity contribution in [3.8, 4) is 11.5 Å². The van der Waals surface area contributed by atoms with Crippen LogP contribution < -0.4 is 4.90 Å². The lowest BCUT2D eigenvalue weighted by atomic mass is 10.0. The van der Waals surface area contributed by atoms with Gasteiger partial charge in [-0.05, 0) is 60.9 Å². The number of thioether (sulfide) groups is 1. The Balaban J connectivity index is 1.43. The fourth-order valence-corrected chi connectivity index (χ4v) is 3.77. The minimum Gasteiger partial charge on any atom is -0.411 e. The van der Waals surface area contributed by atoms with Gasteiger partial charge >= 0.3 is 0 Å². The Labute approximate surface area is 164 Å². The van der Waals surface area contributed by atoms with E-state index >= 15 is 0 Å². The minimum absolute atomic E-state index is 0.0706. The van der Waals surface area contributed by atoms with Crippen LogP contribution >= 0.6 is 23.4 Å². The summed E-state index contributed by atoms with van der Waals surface area (Å²) in [5.74, 6) is 0.191. The summed E-state index contributed by atoms with van der Waals surface area (Å²) >= 11 is 7.06. The topological polar surface area (TPSA) is 59.2 Å². The third kappa shape index (κ3) is 3.99. The largest absolute Gasteiger partial charge is 0.411 e. The first-order valence-electron chi connectivity index (χ1n) is 8.41. The van der Waals surface area contributed by atoms with Gasteiger partial charge < -0.3 is 9.32 Å². The average molecular weight is 404 g/mol. The summed E-state index contributed by atoms with van der Waals surface area (Å²) in [6.07, 6.45) is 1.59. The number of fused-ring (bicyclic) bond motifs is 1. The summed E-state index contributed by atoms with van der Waals surface area (Å²) in [6.45, 7) is 0.623. The number of anilines is 1. The highest BCUT2D eigenvalue weighted by molar-refractivity contribution is 7.99. The third-order valence-electron chi connectivity index (χ3n) is 4.28. The predicted octanol–water partition coefficient (Wildman–Crippen LogP) is 4.60. The quantitative estimate of drug-likeness (QED) is 0.596. The van der Waals surface area contributed by atoms with E-state index < -0.39 is 0 Å². The van der Waals surface area contributed by atoms with E-state index in [-0.39, 0.29) is 17.5 Å². The van der Waals surface area contributed by atoms with E-state index in [2.05, 4.69) is 10.2 Å². The lowest BCUT2D eigenvalue weighted by Gasteiger charge is -2.29. The second kappa shape index (κ2) is 7.70. The molecule has 4 rings (SSSR count). The molecule has 0 N–H and O–H groups in total. The van der Waals surface area contributed by atoms with Crippen LogP contribution in [-0.2, 0) is 11.2 Å². The molecule has 1 aliphatic rings. The van der Waals surface area contributed by atoms with Crippen molar-refractivity contribution in [2.75, 3.05) is 17.2 Å².